The minimum absolute atomic E-state index is 0.0176. The van der Waals surface area contributed by atoms with E-state index in [1.54, 1.807) is 0 Å². The van der Waals surface area contributed by atoms with Crippen molar-refractivity contribution in [1.82, 2.24) is 24.9 Å². The maximum absolute atomic E-state index is 13.9. The van der Waals surface area contributed by atoms with Crippen molar-refractivity contribution in [2.75, 3.05) is 13.1 Å². The number of amides is 3. The number of hydrogen-bond donors (Lipinski definition) is 1. The van der Waals surface area contributed by atoms with Gasteiger partial charge in [0.25, 0.3) is 5.91 Å². The fourth-order valence-corrected chi connectivity index (χ4v) is 5.99. The van der Waals surface area contributed by atoms with Crippen LogP contribution in [0.25, 0.3) is 5.69 Å². The number of piperidine rings is 1. The Morgan fingerprint density at radius 3 is 2.52 bits per heavy atom. The van der Waals surface area contributed by atoms with E-state index in [2.05, 4.69) is 24.1 Å². The molecule has 0 bridgehead atoms. The molecule has 7 nitrogen and oxygen atoms in total. The Hall–Kier alpha value is -2.83. The molecule has 0 spiro atoms. The number of urea groups is 1. The standard InChI is InChI=1S/C26H35N5O2/c1-17(2)23-22-18(3)28-31(20-12-5-4-6-13-20)24(22)25(32)30(23)21-14-9-15-29(16-21)26(33)27-19-10-7-8-11-19/h4-6,12-13,17,19,21,23H,7-11,14-16H2,1-3H3,(H,27,33). The van der Waals surface area contributed by atoms with Gasteiger partial charge in [-0.05, 0) is 50.7 Å². The maximum atomic E-state index is 13.9. The number of nitrogens with one attached hydrogen (secondary N) is 1. The lowest BCUT2D eigenvalue weighted by Gasteiger charge is -2.41. The summed E-state index contributed by atoms with van der Waals surface area (Å²) < 4.78 is 1.82. The Morgan fingerprint density at radius 1 is 1.09 bits per heavy atom. The lowest BCUT2D eigenvalue weighted by molar-refractivity contribution is 0.0422. The summed E-state index contributed by atoms with van der Waals surface area (Å²) in [4.78, 5) is 30.9. The molecule has 33 heavy (non-hydrogen) atoms. The van der Waals surface area contributed by atoms with Crippen molar-refractivity contribution in [2.24, 2.45) is 5.92 Å². The van der Waals surface area contributed by atoms with Gasteiger partial charge in [0.1, 0.15) is 5.69 Å². The van der Waals surface area contributed by atoms with E-state index in [9.17, 15) is 9.59 Å². The van der Waals surface area contributed by atoms with Crippen LogP contribution in [0.3, 0.4) is 0 Å². The molecule has 2 atom stereocenters. The average Bonchev–Trinajstić information content (AvgIpc) is 3.52. The molecule has 0 radical (unpaired) electrons. The number of hydrogen-bond acceptors (Lipinski definition) is 3. The number of para-hydroxylation sites is 1. The minimum Gasteiger partial charge on any atom is -0.335 e. The molecule has 5 rings (SSSR count). The van der Waals surface area contributed by atoms with Gasteiger partial charge in [0.2, 0.25) is 0 Å². The van der Waals surface area contributed by atoms with Gasteiger partial charge in [-0.25, -0.2) is 9.48 Å². The van der Waals surface area contributed by atoms with Crippen LogP contribution in [0.1, 0.15) is 80.2 Å². The van der Waals surface area contributed by atoms with Crippen molar-refractivity contribution in [3.63, 3.8) is 0 Å². The number of benzene rings is 1. The molecule has 1 N–H and O–H groups in total. The summed E-state index contributed by atoms with van der Waals surface area (Å²) in [6, 6.07) is 10.2. The smallest absolute Gasteiger partial charge is 0.317 e. The van der Waals surface area contributed by atoms with Crippen molar-refractivity contribution < 1.29 is 9.59 Å². The van der Waals surface area contributed by atoms with Gasteiger partial charge in [-0.2, -0.15) is 5.10 Å². The van der Waals surface area contributed by atoms with Gasteiger partial charge in [0.05, 0.1) is 23.5 Å². The molecule has 2 aliphatic heterocycles. The highest BCUT2D eigenvalue weighted by molar-refractivity contribution is 5.99. The number of carbonyl (C=O) groups excluding carboxylic acids is 2. The van der Waals surface area contributed by atoms with Crippen LogP contribution >= 0.6 is 0 Å². The molecule has 3 amide bonds. The normalized spacial score (nSPS) is 23.5. The molecule has 2 unspecified atom stereocenters. The Labute approximate surface area is 196 Å². The van der Waals surface area contributed by atoms with Gasteiger partial charge in [-0.15, -0.1) is 0 Å². The lowest BCUT2D eigenvalue weighted by atomic mass is 9.94. The highest BCUT2D eigenvalue weighted by Gasteiger charge is 2.47. The molecule has 3 heterocycles. The Kier molecular flexibility index (Phi) is 5.89. The van der Waals surface area contributed by atoms with Gasteiger partial charge in [-0.3, -0.25) is 4.79 Å². The summed E-state index contributed by atoms with van der Waals surface area (Å²) in [5.74, 6) is 0.293. The number of aryl methyl sites for hydroxylation is 1. The zero-order chi connectivity index (χ0) is 23.1. The molecule has 1 aliphatic carbocycles. The Morgan fingerprint density at radius 2 is 1.82 bits per heavy atom. The van der Waals surface area contributed by atoms with Crippen molar-refractivity contribution in [3.05, 3.63) is 47.3 Å². The minimum atomic E-state index is -0.0206. The van der Waals surface area contributed by atoms with E-state index in [-0.39, 0.29) is 29.9 Å². The predicted molar refractivity (Wildman–Crippen MR) is 127 cm³/mol. The average molecular weight is 450 g/mol. The third kappa shape index (κ3) is 3.91. The van der Waals surface area contributed by atoms with Crippen molar-refractivity contribution in [1.29, 1.82) is 0 Å². The summed E-state index contributed by atoms with van der Waals surface area (Å²) in [7, 11) is 0. The van der Waals surface area contributed by atoms with Gasteiger partial charge in [0, 0.05) is 24.7 Å². The number of likely N-dealkylation sites (tertiary alicyclic amines) is 1. The van der Waals surface area contributed by atoms with E-state index in [4.69, 9.17) is 5.10 Å². The topological polar surface area (TPSA) is 70.5 Å². The molecule has 176 valence electrons. The van der Waals surface area contributed by atoms with Crippen LogP contribution in [-0.4, -0.2) is 56.7 Å². The second-order valence-electron chi connectivity index (χ2n) is 10.2. The molecule has 3 aliphatic rings. The first kappa shape index (κ1) is 22.0. The molecule has 7 heteroatoms. The predicted octanol–water partition coefficient (Wildman–Crippen LogP) is 4.45. The number of fused-ring (bicyclic) bond motifs is 1. The number of rotatable bonds is 4. The molecule has 1 saturated carbocycles. The van der Waals surface area contributed by atoms with E-state index in [0.29, 0.717) is 18.3 Å². The van der Waals surface area contributed by atoms with Crippen LogP contribution in [0.4, 0.5) is 4.79 Å². The summed E-state index contributed by atoms with van der Waals surface area (Å²) in [5.41, 5.74) is 3.55. The highest BCUT2D eigenvalue weighted by Crippen LogP contribution is 2.43. The number of aromatic nitrogens is 2. The maximum Gasteiger partial charge on any atom is 0.317 e. The number of carbonyl (C=O) groups is 2. The summed E-state index contributed by atoms with van der Waals surface area (Å²) >= 11 is 0. The van der Waals surface area contributed by atoms with E-state index in [1.165, 1.54) is 12.8 Å². The quantitative estimate of drug-likeness (QED) is 0.750. The number of nitrogens with zero attached hydrogens (tertiary/aromatic N) is 4. The molecule has 1 aromatic carbocycles. The van der Waals surface area contributed by atoms with E-state index >= 15 is 0 Å². The second-order valence-corrected chi connectivity index (χ2v) is 10.2. The van der Waals surface area contributed by atoms with Gasteiger partial charge < -0.3 is 15.1 Å². The van der Waals surface area contributed by atoms with Gasteiger partial charge >= 0.3 is 6.03 Å². The molecule has 2 aromatic rings. The second kappa shape index (κ2) is 8.84. The molecular formula is C26H35N5O2. The lowest BCUT2D eigenvalue weighted by Crippen LogP contribution is -2.54. The summed E-state index contributed by atoms with van der Waals surface area (Å²) in [5, 5.41) is 7.99. The van der Waals surface area contributed by atoms with Crippen LogP contribution in [0.5, 0.6) is 0 Å². The zero-order valence-corrected chi connectivity index (χ0v) is 20.0. The fourth-order valence-electron chi connectivity index (χ4n) is 5.99. The van der Waals surface area contributed by atoms with Crippen molar-refractivity contribution in [3.8, 4) is 5.69 Å². The molecular weight excluding hydrogens is 414 g/mol. The molecule has 1 aromatic heterocycles. The third-order valence-electron chi connectivity index (χ3n) is 7.53. The van der Waals surface area contributed by atoms with Crippen molar-refractivity contribution in [2.45, 2.75) is 77.4 Å². The SMILES string of the molecule is Cc1nn(-c2ccccc2)c2c1C(C(C)C)N(C1CCCN(C(=O)NC3CCCC3)C1)C2=O. The molecule has 1 saturated heterocycles. The fraction of sp³-hybridized carbons (Fsp3) is 0.577. The summed E-state index contributed by atoms with van der Waals surface area (Å²) in [6.07, 6.45) is 6.38. The van der Waals surface area contributed by atoms with Crippen LogP contribution < -0.4 is 5.32 Å². The first-order valence-corrected chi connectivity index (χ1v) is 12.5. The van der Waals surface area contributed by atoms with E-state index in [1.807, 2.05) is 46.8 Å². The largest absolute Gasteiger partial charge is 0.335 e. The van der Waals surface area contributed by atoms with Crippen LogP contribution in [0, 0.1) is 12.8 Å². The van der Waals surface area contributed by atoms with Crippen LogP contribution in [-0.2, 0) is 0 Å². The Balaban J connectivity index is 1.42. The Bertz CT molecular complexity index is 1020. The van der Waals surface area contributed by atoms with E-state index < -0.39 is 0 Å². The summed E-state index contributed by atoms with van der Waals surface area (Å²) in [6.45, 7) is 7.70. The van der Waals surface area contributed by atoms with E-state index in [0.717, 1.165) is 49.2 Å². The van der Waals surface area contributed by atoms with Gasteiger partial charge in [0.15, 0.2) is 0 Å². The molecule has 2 fully saturated rings. The first-order chi connectivity index (χ1) is 16.0. The van der Waals surface area contributed by atoms with Crippen molar-refractivity contribution >= 4 is 11.9 Å². The monoisotopic (exact) mass is 449 g/mol. The van der Waals surface area contributed by atoms with Crippen LogP contribution in [0.15, 0.2) is 30.3 Å². The third-order valence-corrected chi connectivity index (χ3v) is 7.53. The first-order valence-electron chi connectivity index (χ1n) is 12.5. The highest BCUT2D eigenvalue weighted by atomic mass is 16.2. The zero-order valence-electron chi connectivity index (χ0n) is 20.0. The van der Waals surface area contributed by atoms with Gasteiger partial charge in [-0.1, -0.05) is 44.9 Å². The van der Waals surface area contributed by atoms with Crippen LogP contribution in [0.2, 0.25) is 0 Å².